The molecule has 0 saturated heterocycles. The monoisotopic (exact) mass is 244 g/mol. The van der Waals surface area contributed by atoms with Crippen molar-refractivity contribution >= 4 is 6.29 Å². The molecule has 0 heterocycles. The molecule has 0 aromatic heterocycles. The Bertz CT molecular complexity index is 547. The molecule has 0 atom stereocenters. The van der Waals surface area contributed by atoms with Gasteiger partial charge in [0.25, 0.3) is 0 Å². The first kappa shape index (κ1) is 12.3. The van der Waals surface area contributed by atoms with Crippen molar-refractivity contribution in [1.82, 2.24) is 0 Å². The molecule has 2 nitrogen and oxygen atoms in total. The fourth-order valence-electron chi connectivity index (χ4n) is 1.70. The Morgan fingerprint density at radius 3 is 2.56 bits per heavy atom. The van der Waals surface area contributed by atoms with Crippen LogP contribution in [-0.2, 0) is 6.61 Å². The molecule has 3 heteroatoms. The molecular formula is C15H13FO2. The summed E-state index contributed by atoms with van der Waals surface area (Å²) in [6, 6.07) is 11.5. The fraction of sp³-hybridized carbons (Fsp3) is 0.133. The number of para-hydroxylation sites is 1. The van der Waals surface area contributed by atoms with Crippen LogP contribution < -0.4 is 4.74 Å². The first-order valence-electron chi connectivity index (χ1n) is 5.63. The van der Waals surface area contributed by atoms with Gasteiger partial charge in [0, 0.05) is 0 Å². The van der Waals surface area contributed by atoms with Gasteiger partial charge in [0.2, 0.25) is 0 Å². The first-order valence-corrected chi connectivity index (χ1v) is 5.63. The summed E-state index contributed by atoms with van der Waals surface area (Å²) >= 11 is 0. The van der Waals surface area contributed by atoms with Crippen LogP contribution in [0, 0.1) is 12.7 Å². The predicted octanol–water partition coefficient (Wildman–Crippen LogP) is 3.53. The highest BCUT2D eigenvalue weighted by molar-refractivity contribution is 5.80. The summed E-state index contributed by atoms with van der Waals surface area (Å²) in [6.07, 6.45) is 0.771. The Hall–Kier alpha value is -2.16. The third-order valence-corrected chi connectivity index (χ3v) is 2.67. The van der Waals surface area contributed by atoms with Gasteiger partial charge in [0.15, 0.2) is 6.29 Å². The van der Waals surface area contributed by atoms with Crippen molar-refractivity contribution in [2.24, 2.45) is 0 Å². The number of hydrogen-bond acceptors (Lipinski definition) is 2. The third kappa shape index (κ3) is 2.74. The summed E-state index contributed by atoms with van der Waals surface area (Å²) in [4.78, 5) is 10.9. The molecule has 0 spiro atoms. The second-order valence-corrected chi connectivity index (χ2v) is 4.03. The largest absolute Gasteiger partial charge is 0.488 e. The number of carbonyl (C=O) groups is 1. The van der Waals surface area contributed by atoms with E-state index in [-0.39, 0.29) is 5.82 Å². The molecule has 0 N–H and O–H groups in total. The molecule has 0 bridgehead atoms. The Kier molecular flexibility index (Phi) is 3.72. The highest BCUT2D eigenvalue weighted by Gasteiger charge is 2.06. The minimum Gasteiger partial charge on any atom is -0.488 e. The lowest BCUT2D eigenvalue weighted by Gasteiger charge is -2.11. The Balaban J connectivity index is 2.15. The van der Waals surface area contributed by atoms with Crippen molar-refractivity contribution in [3.63, 3.8) is 0 Å². The van der Waals surface area contributed by atoms with Gasteiger partial charge in [-0.3, -0.25) is 4.79 Å². The summed E-state index contributed by atoms with van der Waals surface area (Å²) in [5, 5.41) is 0. The molecule has 0 amide bonds. The number of halogens is 1. The Morgan fingerprint density at radius 1 is 1.17 bits per heavy atom. The minimum atomic E-state index is -0.275. The number of hydrogen-bond donors (Lipinski definition) is 0. The maximum absolute atomic E-state index is 12.7. The zero-order valence-electron chi connectivity index (χ0n) is 10.0. The number of ether oxygens (including phenoxy) is 1. The van der Waals surface area contributed by atoms with Gasteiger partial charge < -0.3 is 4.74 Å². The number of aldehydes is 1. The summed E-state index contributed by atoms with van der Waals surface area (Å²) in [5.74, 6) is 0.306. The molecule has 0 fully saturated rings. The van der Waals surface area contributed by atoms with E-state index in [2.05, 4.69) is 0 Å². The summed E-state index contributed by atoms with van der Waals surface area (Å²) < 4.78 is 18.4. The van der Waals surface area contributed by atoms with Gasteiger partial charge in [0.1, 0.15) is 18.2 Å². The Morgan fingerprint density at radius 2 is 1.89 bits per heavy atom. The van der Waals surface area contributed by atoms with Crippen molar-refractivity contribution in [3.05, 3.63) is 65.0 Å². The average molecular weight is 244 g/mol. The molecule has 0 unspecified atom stereocenters. The molecule has 2 aromatic rings. The van der Waals surface area contributed by atoms with Crippen LogP contribution in [0.1, 0.15) is 21.5 Å². The van der Waals surface area contributed by atoms with E-state index in [1.54, 1.807) is 18.2 Å². The molecule has 92 valence electrons. The van der Waals surface area contributed by atoms with Crippen molar-refractivity contribution in [2.75, 3.05) is 0 Å². The predicted molar refractivity (Wildman–Crippen MR) is 67.3 cm³/mol. The van der Waals surface area contributed by atoms with Gasteiger partial charge in [-0.2, -0.15) is 0 Å². The molecular weight excluding hydrogens is 231 g/mol. The van der Waals surface area contributed by atoms with Crippen molar-refractivity contribution in [1.29, 1.82) is 0 Å². The van der Waals surface area contributed by atoms with Crippen molar-refractivity contribution in [3.8, 4) is 5.75 Å². The maximum Gasteiger partial charge on any atom is 0.153 e. The van der Waals surface area contributed by atoms with Gasteiger partial charge in [-0.15, -0.1) is 0 Å². The van der Waals surface area contributed by atoms with Crippen LogP contribution in [0.3, 0.4) is 0 Å². The summed E-state index contributed by atoms with van der Waals surface area (Å²) in [5.41, 5.74) is 2.29. The number of aryl methyl sites for hydroxylation is 1. The van der Waals surface area contributed by atoms with Crippen LogP contribution in [0.4, 0.5) is 4.39 Å². The maximum atomic E-state index is 12.7. The van der Waals surface area contributed by atoms with Crippen LogP contribution in [0.15, 0.2) is 42.5 Å². The van der Waals surface area contributed by atoms with E-state index in [1.165, 1.54) is 12.1 Å². The molecule has 0 aliphatic heterocycles. The molecule has 0 aliphatic rings. The quantitative estimate of drug-likeness (QED) is 0.769. The molecule has 0 saturated carbocycles. The van der Waals surface area contributed by atoms with E-state index >= 15 is 0 Å². The molecule has 0 radical (unpaired) electrons. The van der Waals surface area contributed by atoms with Gasteiger partial charge in [-0.1, -0.05) is 24.3 Å². The fourth-order valence-corrected chi connectivity index (χ4v) is 1.70. The van der Waals surface area contributed by atoms with Crippen LogP contribution in [0.5, 0.6) is 5.75 Å². The lowest BCUT2D eigenvalue weighted by atomic mass is 10.1. The highest BCUT2D eigenvalue weighted by atomic mass is 19.1. The highest BCUT2D eigenvalue weighted by Crippen LogP contribution is 2.23. The summed E-state index contributed by atoms with van der Waals surface area (Å²) in [7, 11) is 0. The third-order valence-electron chi connectivity index (χ3n) is 2.67. The van der Waals surface area contributed by atoms with E-state index in [0.717, 1.165) is 17.4 Å². The normalized spacial score (nSPS) is 10.1. The summed E-state index contributed by atoms with van der Waals surface area (Å²) in [6.45, 7) is 2.19. The van der Waals surface area contributed by atoms with E-state index in [4.69, 9.17) is 4.74 Å². The SMILES string of the molecule is Cc1cccc(C=O)c1OCc1ccc(F)cc1. The van der Waals surface area contributed by atoms with Crippen LogP contribution in [-0.4, -0.2) is 6.29 Å². The van der Waals surface area contributed by atoms with Gasteiger partial charge in [0.05, 0.1) is 5.56 Å². The van der Waals surface area contributed by atoms with Crippen molar-refractivity contribution in [2.45, 2.75) is 13.5 Å². The minimum absolute atomic E-state index is 0.275. The molecule has 18 heavy (non-hydrogen) atoms. The topological polar surface area (TPSA) is 26.3 Å². The van der Waals surface area contributed by atoms with Gasteiger partial charge in [-0.25, -0.2) is 4.39 Å². The first-order chi connectivity index (χ1) is 8.70. The second kappa shape index (κ2) is 5.45. The van der Waals surface area contributed by atoms with Crippen LogP contribution >= 0.6 is 0 Å². The number of benzene rings is 2. The van der Waals surface area contributed by atoms with Crippen LogP contribution in [0.25, 0.3) is 0 Å². The standard InChI is InChI=1S/C15H13FO2/c1-11-3-2-4-13(9-17)15(11)18-10-12-5-7-14(16)8-6-12/h2-9H,10H2,1H3. The molecule has 2 rings (SSSR count). The van der Waals surface area contributed by atoms with E-state index in [0.29, 0.717) is 17.9 Å². The lowest BCUT2D eigenvalue weighted by molar-refractivity contribution is 0.111. The molecule has 2 aromatic carbocycles. The van der Waals surface area contributed by atoms with Gasteiger partial charge in [-0.05, 0) is 36.2 Å². The van der Waals surface area contributed by atoms with E-state index in [1.807, 2.05) is 19.1 Å². The zero-order chi connectivity index (χ0) is 13.0. The Labute approximate surface area is 105 Å². The van der Waals surface area contributed by atoms with E-state index < -0.39 is 0 Å². The number of rotatable bonds is 4. The van der Waals surface area contributed by atoms with E-state index in [9.17, 15) is 9.18 Å². The lowest BCUT2D eigenvalue weighted by Crippen LogP contribution is -2.00. The van der Waals surface area contributed by atoms with Gasteiger partial charge >= 0.3 is 0 Å². The smallest absolute Gasteiger partial charge is 0.153 e. The second-order valence-electron chi connectivity index (χ2n) is 4.03. The zero-order valence-corrected chi connectivity index (χ0v) is 10.0. The van der Waals surface area contributed by atoms with Crippen LogP contribution in [0.2, 0.25) is 0 Å². The molecule has 0 aliphatic carbocycles. The number of carbonyl (C=O) groups excluding carboxylic acids is 1. The van der Waals surface area contributed by atoms with Crippen molar-refractivity contribution < 1.29 is 13.9 Å². The average Bonchev–Trinajstić information content (AvgIpc) is 2.39.